The summed E-state index contributed by atoms with van der Waals surface area (Å²) in [7, 11) is 0. The van der Waals surface area contributed by atoms with Crippen molar-refractivity contribution in [2.24, 2.45) is 0 Å². The molecule has 0 saturated heterocycles. The molecular formula is C18H14ClFN6. The lowest BCUT2D eigenvalue weighted by Gasteiger charge is -2.08. The van der Waals surface area contributed by atoms with E-state index < -0.39 is 5.95 Å². The Morgan fingerprint density at radius 3 is 2.81 bits per heavy atom. The van der Waals surface area contributed by atoms with E-state index in [1.54, 1.807) is 30.6 Å². The van der Waals surface area contributed by atoms with Crippen LogP contribution in [0.4, 0.5) is 10.2 Å². The van der Waals surface area contributed by atoms with Crippen LogP contribution in [0.15, 0.2) is 49.2 Å². The number of hydrogen-bond donors (Lipinski definition) is 2. The number of H-pyrrole nitrogens is 1. The first-order chi connectivity index (χ1) is 12.7. The van der Waals surface area contributed by atoms with E-state index >= 15 is 0 Å². The second-order valence-corrected chi connectivity index (χ2v) is 6.15. The number of aromatic amines is 1. The molecule has 8 heteroatoms. The van der Waals surface area contributed by atoms with Crippen LogP contribution in [-0.2, 0) is 13.0 Å². The smallest absolute Gasteiger partial charge is 0.218 e. The minimum absolute atomic E-state index is 0.410. The quantitative estimate of drug-likeness (QED) is 0.524. The van der Waals surface area contributed by atoms with Gasteiger partial charge in [-0.2, -0.15) is 4.39 Å². The molecule has 0 unspecified atom stereocenters. The third-order valence-corrected chi connectivity index (χ3v) is 4.23. The van der Waals surface area contributed by atoms with Crippen molar-refractivity contribution >= 4 is 28.5 Å². The second-order valence-electron chi connectivity index (χ2n) is 5.76. The van der Waals surface area contributed by atoms with Crippen LogP contribution in [0.1, 0.15) is 16.7 Å². The van der Waals surface area contributed by atoms with Crippen molar-refractivity contribution in [3.63, 3.8) is 0 Å². The van der Waals surface area contributed by atoms with Gasteiger partial charge in [-0.15, -0.1) is 0 Å². The molecule has 0 amide bonds. The minimum Gasteiger partial charge on any atom is -0.366 e. The number of nitrogens with one attached hydrogen (secondary N) is 2. The lowest BCUT2D eigenvalue weighted by atomic mass is 10.1. The maximum absolute atomic E-state index is 14.4. The van der Waals surface area contributed by atoms with Crippen molar-refractivity contribution in [1.29, 1.82) is 0 Å². The Balaban J connectivity index is 1.48. The molecule has 0 aliphatic carbocycles. The highest BCUT2D eigenvalue weighted by molar-refractivity contribution is 6.29. The molecule has 0 fully saturated rings. The molecular weight excluding hydrogens is 355 g/mol. The fourth-order valence-electron chi connectivity index (χ4n) is 2.66. The standard InChI is InChI=1S/C18H14ClFN6/c19-15-3-1-11(6-22-15)7-23-16-4-2-12(17(20)26-16)5-13-8-24-18-14(13)9-21-10-25-18/h1-4,6,8-10H,5,7H2,(H,23,26)(H,21,24,25). The number of hydrogen-bond acceptors (Lipinski definition) is 5. The first-order valence-electron chi connectivity index (χ1n) is 7.95. The van der Waals surface area contributed by atoms with Crippen LogP contribution in [0, 0.1) is 5.95 Å². The number of pyridine rings is 2. The Hall–Kier alpha value is -3.06. The van der Waals surface area contributed by atoms with E-state index in [4.69, 9.17) is 11.6 Å². The van der Waals surface area contributed by atoms with E-state index in [1.165, 1.54) is 6.33 Å². The molecule has 0 spiro atoms. The molecule has 4 rings (SSSR count). The lowest BCUT2D eigenvalue weighted by Crippen LogP contribution is -2.04. The molecule has 0 aliphatic rings. The molecule has 4 heterocycles. The fourth-order valence-corrected chi connectivity index (χ4v) is 2.77. The largest absolute Gasteiger partial charge is 0.366 e. The zero-order chi connectivity index (χ0) is 17.9. The second kappa shape index (κ2) is 7.05. The third-order valence-electron chi connectivity index (χ3n) is 4.01. The zero-order valence-corrected chi connectivity index (χ0v) is 14.3. The van der Waals surface area contributed by atoms with E-state index in [9.17, 15) is 4.39 Å². The Bertz CT molecular complexity index is 1050. The predicted octanol–water partition coefficient (Wildman–Crippen LogP) is 3.74. The van der Waals surface area contributed by atoms with Crippen LogP contribution in [0.3, 0.4) is 0 Å². The Labute approximate surface area is 153 Å². The van der Waals surface area contributed by atoms with Gasteiger partial charge in [0.25, 0.3) is 0 Å². The number of nitrogens with zero attached hydrogens (tertiary/aromatic N) is 4. The highest BCUT2D eigenvalue weighted by atomic mass is 35.5. The van der Waals surface area contributed by atoms with Gasteiger partial charge in [-0.05, 0) is 23.3 Å². The van der Waals surface area contributed by atoms with E-state index in [1.807, 2.05) is 12.3 Å². The summed E-state index contributed by atoms with van der Waals surface area (Å²) < 4.78 is 14.4. The molecule has 4 aromatic rings. The van der Waals surface area contributed by atoms with Crippen molar-refractivity contribution < 1.29 is 4.39 Å². The van der Waals surface area contributed by atoms with Gasteiger partial charge in [-0.25, -0.2) is 19.9 Å². The SMILES string of the molecule is Fc1nc(NCc2ccc(Cl)nc2)ccc1Cc1c[nH]c2ncncc12. The summed E-state index contributed by atoms with van der Waals surface area (Å²) in [4.78, 5) is 19.2. The van der Waals surface area contributed by atoms with E-state index in [0.717, 1.165) is 22.2 Å². The van der Waals surface area contributed by atoms with E-state index in [-0.39, 0.29) is 0 Å². The molecule has 4 aromatic heterocycles. The van der Waals surface area contributed by atoms with Gasteiger partial charge in [0, 0.05) is 42.5 Å². The Kier molecular flexibility index (Phi) is 4.45. The van der Waals surface area contributed by atoms with Crippen LogP contribution in [0.25, 0.3) is 11.0 Å². The van der Waals surface area contributed by atoms with Gasteiger partial charge in [0.05, 0.1) is 0 Å². The van der Waals surface area contributed by atoms with E-state index in [0.29, 0.717) is 29.5 Å². The van der Waals surface area contributed by atoms with Crippen LogP contribution in [0.2, 0.25) is 5.15 Å². The van der Waals surface area contributed by atoms with Crippen molar-refractivity contribution in [2.75, 3.05) is 5.32 Å². The average Bonchev–Trinajstić information content (AvgIpc) is 3.06. The third kappa shape index (κ3) is 3.48. The van der Waals surface area contributed by atoms with Gasteiger partial charge in [-0.3, -0.25) is 0 Å². The fraction of sp³-hybridized carbons (Fsp3) is 0.111. The van der Waals surface area contributed by atoms with Crippen molar-refractivity contribution in [3.8, 4) is 0 Å². The number of anilines is 1. The maximum atomic E-state index is 14.4. The van der Waals surface area contributed by atoms with Crippen molar-refractivity contribution in [2.45, 2.75) is 13.0 Å². The molecule has 2 N–H and O–H groups in total. The Morgan fingerprint density at radius 2 is 2.00 bits per heavy atom. The highest BCUT2D eigenvalue weighted by Gasteiger charge is 2.10. The summed E-state index contributed by atoms with van der Waals surface area (Å²) in [5.74, 6) is -0.0427. The summed E-state index contributed by atoms with van der Waals surface area (Å²) >= 11 is 5.76. The summed E-state index contributed by atoms with van der Waals surface area (Å²) in [6, 6.07) is 7.05. The van der Waals surface area contributed by atoms with Gasteiger partial charge in [-0.1, -0.05) is 23.7 Å². The molecule has 0 atom stereocenters. The molecule has 26 heavy (non-hydrogen) atoms. The van der Waals surface area contributed by atoms with Crippen LogP contribution >= 0.6 is 11.6 Å². The van der Waals surface area contributed by atoms with E-state index in [2.05, 4.69) is 30.2 Å². The first-order valence-corrected chi connectivity index (χ1v) is 8.32. The molecule has 6 nitrogen and oxygen atoms in total. The normalized spacial score (nSPS) is 11.0. The monoisotopic (exact) mass is 368 g/mol. The van der Waals surface area contributed by atoms with Crippen LogP contribution in [-0.4, -0.2) is 24.9 Å². The molecule has 0 aliphatic heterocycles. The number of halogens is 2. The first kappa shape index (κ1) is 16.4. The average molecular weight is 369 g/mol. The van der Waals surface area contributed by atoms with Gasteiger partial charge < -0.3 is 10.3 Å². The molecule has 130 valence electrons. The predicted molar refractivity (Wildman–Crippen MR) is 97.5 cm³/mol. The molecule has 0 saturated carbocycles. The highest BCUT2D eigenvalue weighted by Crippen LogP contribution is 2.20. The topological polar surface area (TPSA) is 79.4 Å². The summed E-state index contributed by atoms with van der Waals surface area (Å²) in [6.45, 7) is 0.482. The van der Waals surface area contributed by atoms with Gasteiger partial charge in [0.2, 0.25) is 5.95 Å². The summed E-state index contributed by atoms with van der Waals surface area (Å²) in [5.41, 5.74) is 3.10. The van der Waals surface area contributed by atoms with Crippen LogP contribution in [0.5, 0.6) is 0 Å². The van der Waals surface area contributed by atoms with Gasteiger partial charge >= 0.3 is 0 Å². The van der Waals surface area contributed by atoms with Crippen LogP contribution < -0.4 is 5.32 Å². The molecule has 0 radical (unpaired) electrons. The lowest BCUT2D eigenvalue weighted by molar-refractivity contribution is 0.571. The maximum Gasteiger partial charge on any atom is 0.218 e. The zero-order valence-electron chi connectivity index (χ0n) is 13.6. The summed E-state index contributed by atoms with van der Waals surface area (Å²) in [6.07, 6.45) is 7.09. The van der Waals surface area contributed by atoms with Gasteiger partial charge in [0.15, 0.2) is 0 Å². The molecule has 0 aromatic carbocycles. The Morgan fingerprint density at radius 1 is 1.08 bits per heavy atom. The number of fused-ring (bicyclic) bond motifs is 1. The minimum atomic E-state index is -0.504. The molecule has 0 bridgehead atoms. The van der Waals surface area contributed by atoms with Gasteiger partial charge in [0.1, 0.15) is 22.9 Å². The number of aromatic nitrogens is 5. The van der Waals surface area contributed by atoms with Crippen molar-refractivity contribution in [1.82, 2.24) is 24.9 Å². The van der Waals surface area contributed by atoms with Crippen molar-refractivity contribution in [3.05, 3.63) is 77.0 Å². The number of rotatable bonds is 5. The summed E-state index contributed by atoms with van der Waals surface area (Å²) in [5, 5.41) is 4.39.